The Morgan fingerprint density at radius 1 is 1.32 bits per heavy atom. The molecular weight excluding hydrogens is 252 g/mol. The largest absolute Gasteiger partial charge is 0.309 e. The van der Waals surface area contributed by atoms with Crippen LogP contribution in [0.25, 0.3) is 10.6 Å². The molecule has 1 saturated carbocycles. The summed E-state index contributed by atoms with van der Waals surface area (Å²) < 4.78 is 0. The lowest BCUT2D eigenvalue weighted by Crippen LogP contribution is -2.21. The first-order valence-corrected chi connectivity index (χ1v) is 7.89. The Balaban J connectivity index is 1.82. The molecule has 2 nitrogen and oxygen atoms in total. The fourth-order valence-electron chi connectivity index (χ4n) is 2.26. The van der Waals surface area contributed by atoms with E-state index in [2.05, 4.69) is 48.8 Å². The third kappa shape index (κ3) is 3.04. The minimum absolute atomic E-state index is 0.504. The average Bonchev–Trinajstić information content (AvgIpc) is 3.15. The molecule has 0 bridgehead atoms. The quantitative estimate of drug-likeness (QED) is 0.883. The van der Waals surface area contributed by atoms with Gasteiger partial charge in [-0.1, -0.05) is 38.1 Å². The molecule has 0 amide bonds. The van der Waals surface area contributed by atoms with Crippen molar-refractivity contribution < 1.29 is 0 Å². The molecule has 0 aliphatic heterocycles. The Hall–Kier alpha value is -1.19. The van der Waals surface area contributed by atoms with E-state index in [1.807, 2.05) is 0 Å². The fraction of sp³-hybridized carbons (Fsp3) is 0.438. The van der Waals surface area contributed by atoms with Crippen molar-refractivity contribution in [1.29, 1.82) is 0 Å². The molecule has 1 N–H and O–H groups in total. The molecule has 0 unspecified atom stereocenters. The standard InChI is InChI=1S/C16H20N2S/c1-11(2)17-9-13-10-19-16(18-13)15-6-4-3-5-14(15)12-7-8-12/h3-6,10-12,17H,7-9H2,1-2H3. The van der Waals surface area contributed by atoms with E-state index in [4.69, 9.17) is 4.98 Å². The zero-order valence-electron chi connectivity index (χ0n) is 11.5. The Labute approximate surface area is 118 Å². The maximum absolute atomic E-state index is 4.78. The van der Waals surface area contributed by atoms with Crippen LogP contribution in [0.1, 0.15) is 43.9 Å². The van der Waals surface area contributed by atoms with Gasteiger partial charge >= 0.3 is 0 Å². The third-order valence-electron chi connectivity index (χ3n) is 3.45. The maximum atomic E-state index is 4.78. The lowest BCUT2D eigenvalue weighted by atomic mass is 10.0. The first kappa shape index (κ1) is 12.8. The van der Waals surface area contributed by atoms with Gasteiger partial charge in [-0.25, -0.2) is 4.98 Å². The predicted molar refractivity (Wildman–Crippen MR) is 81.5 cm³/mol. The number of aromatic nitrogens is 1. The smallest absolute Gasteiger partial charge is 0.123 e. The van der Waals surface area contributed by atoms with E-state index < -0.39 is 0 Å². The van der Waals surface area contributed by atoms with E-state index in [9.17, 15) is 0 Å². The first-order valence-electron chi connectivity index (χ1n) is 7.01. The zero-order valence-corrected chi connectivity index (χ0v) is 12.3. The average molecular weight is 272 g/mol. The van der Waals surface area contributed by atoms with Crippen LogP contribution in [-0.2, 0) is 6.54 Å². The molecule has 19 heavy (non-hydrogen) atoms. The summed E-state index contributed by atoms with van der Waals surface area (Å²) in [5.41, 5.74) is 3.98. The Morgan fingerprint density at radius 3 is 2.84 bits per heavy atom. The molecule has 1 aromatic carbocycles. The fourth-order valence-corrected chi connectivity index (χ4v) is 3.13. The molecule has 0 radical (unpaired) electrons. The van der Waals surface area contributed by atoms with Crippen molar-refractivity contribution in [2.45, 2.75) is 45.2 Å². The molecule has 0 atom stereocenters. The van der Waals surface area contributed by atoms with Gasteiger partial charge in [0.25, 0.3) is 0 Å². The summed E-state index contributed by atoms with van der Waals surface area (Å²) in [5.74, 6) is 0.775. The van der Waals surface area contributed by atoms with Crippen LogP contribution in [0.5, 0.6) is 0 Å². The molecule has 2 aromatic rings. The summed E-state index contributed by atoms with van der Waals surface area (Å²) in [7, 11) is 0. The number of hydrogen-bond acceptors (Lipinski definition) is 3. The van der Waals surface area contributed by atoms with Crippen molar-refractivity contribution in [2.75, 3.05) is 0 Å². The Kier molecular flexibility index (Phi) is 3.67. The molecular formula is C16H20N2S. The maximum Gasteiger partial charge on any atom is 0.123 e. The highest BCUT2D eigenvalue weighted by Gasteiger charge is 2.26. The second kappa shape index (κ2) is 5.43. The number of nitrogens with one attached hydrogen (secondary N) is 1. The van der Waals surface area contributed by atoms with Crippen LogP contribution in [0.4, 0.5) is 0 Å². The third-order valence-corrected chi connectivity index (χ3v) is 4.38. The van der Waals surface area contributed by atoms with E-state index in [0.29, 0.717) is 6.04 Å². The Bertz CT molecular complexity index is 555. The molecule has 0 saturated heterocycles. The summed E-state index contributed by atoms with van der Waals surface area (Å²) in [6.45, 7) is 5.19. The highest BCUT2D eigenvalue weighted by molar-refractivity contribution is 7.13. The highest BCUT2D eigenvalue weighted by Crippen LogP contribution is 2.44. The van der Waals surface area contributed by atoms with Gasteiger partial charge in [0.15, 0.2) is 0 Å². The van der Waals surface area contributed by atoms with Gasteiger partial charge in [0.1, 0.15) is 5.01 Å². The van der Waals surface area contributed by atoms with E-state index in [-0.39, 0.29) is 0 Å². The van der Waals surface area contributed by atoms with Gasteiger partial charge in [-0.3, -0.25) is 0 Å². The van der Waals surface area contributed by atoms with Crippen LogP contribution in [0, 0.1) is 0 Å². The van der Waals surface area contributed by atoms with Gasteiger partial charge in [-0.2, -0.15) is 0 Å². The zero-order chi connectivity index (χ0) is 13.2. The van der Waals surface area contributed by atoms with E-state index >= 15 is 0 Å². The van der Waals surface area contributed by atoms with E-state index in [1.165, 1.54) is 29.0 Å². The number of benzene rings is 1. The number of hydrogen-bond donors (Lipinski definition) is 1. The summed E-state index contributed by atoms with van der Waals surface area (Å²) in [5, 5.41) is 6.76. The van der Waals surface area contributed by atoms with Crippen molar-refractivity contribution >= 4 is 11.3 Å². The monoisotopic (exact) mass is 272 g/mol. The van der Waals surface area contributed by atoms with Crippen LogP contribution < -0.4 is 5.32 Å². The predicted octanol–water partition coefficient (Wildman–Crippen LogP) is 4.19. The first-order chi connectivity index (χ1) is 9.24. The SMILES string of the molecule is CC(C)NCc1csc(-c2ccccc2C2CC2)n1. The van der Waals surface area contributed by atoms with Gasteiger partial charge in [0.05, 0.1) is 5.69 Å². The van der Waals surface area contributed by atoms with Gasteiger partial charge < -0.3 is 5.32 Å². The number of rotatable bonds is 5. The molecule has 1 heterocycles. The molecule has 1 aromatic heterocycles. The molecule has 1 fully saturated rings. The molecule has 100 valence electrons. The lowest BCUT2D eigenvalue weighted by Gasteiger charge is -2.06. The van der Waals surface area contributed by atoms with Crippen LogP contribution >= 0.6 is 11.3 Å². The van der Waals surface area contributed by atoms with Crippen LogP contribution in [0.15, 0.2) is 29.6 Å². The summed E-state index contributed by atoms with van der Waals surface area (Å²) in [6, 6.07) is 9.25. The van der Waals surface area contributed by atoms with Gasteiger partial charge in [-0.15, -0.1) is 11.3 Å². The van der Waals surface area contributed by atoms with E-state index in [1.54, 1.807) is 11.3 Å². The molecule has 1 aliphatic rings. The summed E-state index contributed by atoms with van der Waals surface area (Å²) in [4.78, 5) is 4.78. The van der Waals surface area contributed by atoms with Crippen LogP contribution in [0.3, 0.4) is 0 Å². The molecule has 3 heteroatoms. The minimum atomic E-state index is 0.504. The molecule has 3 rings (SSSR count). The normalized spacial score (nSPS) is 15.1. The summed E-state index contributed by atoms with van der Waals surface area (Å²) >= 11 is 1.76. The van der Waals surface area contributed by atoms with Crippen LogP contribution in [0.2, 0.25) is 0 Å². The molecule has 0 spiro atoms. The minimum Gasteiger partial charge on any atom is -0.309 e. The molecule has 1 aliphatic carbocycles. The second-order valence-electron chi connectivity index (χ2n) is 5.54. The topological polar surface area (TPSA) is 24.9 Å². The van der Waals surface area contributed by atoms with Crippen molar-refractivity contribution in [2.24, 2.45) is 0 Å². The van der Waals surface area contributed by atoms with Crippen molar-refractivity contribution in [1.82, 2.24) is 10.3 Å². The Morgan fingerprint density at radius 2 is 2.11 bits per heavy atom. The number of thiazole rings is 1. The van der Waals surface area contributed by atoms with Crippen molar-refractivity contribution in [3.63, 3.8) is 0 Å². The van der Waals surface area contributed by atoms with Gasteiger partial charge in [-0.05, 0) is 24.3 Å². The van der Waals surface area contributed by atoms with Gasteiger partial charge in [0.2, 0.25) is 0 Å². The van der Waals surface area contributed by atoms with Crippen molar-refractivity contribution in [3.05, 3.63) is 40.9 Å². The van der Waals surface area contributed by atoms with Crippen molar-refractivity contribution in [3.8, 4) is 10.6 Å². The number of nitrogens with zero attached hydrogens (tertiary/aromatic N) is 1. The van der Waals surface area contributed by atoms with Crippen LogP contribution in [-0.4, -0.2) is 11.0 Å². The second-order valence-corrected chi connectivity index (χ2v) is 6.40. The summed E-state index contributed by atoms with van der Waals surface area (Å²) in [6.07, 6.45) is 2.67. The lowest BCUT2D eigenvalue weighted by molar-refractivity contribution is 0.583. The van der Waals surface area contributed by atoms with E-state index in [0.717, 1.165) is 18.2 Å². The van der Waals surface area contributed by atoms with Gasteiger partial charge in [0, 0.05) is 23.5 Å². The highest BCUT2D eigenvalue weighted by atomic mass is 32.1.